The number of Topliss-reactive ketones (excluding diaryl/α,β-unsaturated/α-hetero) is 2. The minimum Gasteiger partial charge on any atom is -0.490 e. The standard InChI is InChI=1S/C31H30Cl2INO6/c1-2-40-26-14-18(13-21(34)31(26)41-16-17-9-10-19(32)15-20(17)33)28-29-22(5-3-7-24(29)36)35(12-11-27(38)39)23-6-4-8-25(37)30(23)28/h9-10,13-15,28H,2-8,11-12,16H2,1H3,(H,38,39). The second-order valence-corrected chi connectivity index (χ2v) is 12.3. The molecular formula is C31H30Cl2INO6. The average molecular weight is 710 g/mol. The fourth-order valence-electron chi connectivity index (χ4n) is 5.97. The van der Waals surface area contributed by atoms with E-state index in [9.17, 15) is 19.5 Å². The molecule has 0 fully saturated rings. The number of ketones is 2. The van der Waals surface area contributed by atoms with Crippen LogP contribution < -0.4 is 9.47 Å². The fraction of sp³-hybridized carbons (Fsp3) is 0.387. The number of carboxylic acids is 1. The molecular weight excluding hydrogens is 680 g/mol. The largest absolute Gasteiger partial charge is 0.490 e. The van der Waals surface area contributed by atoms with E-state index in [1.54, 1.807) is 12.1 Å². The Morgan fingerprint density at radius 3 is 2.24 bits per heavy atom. The molecule has 1 aliphatic heterocycles. The Labute approximate surface area is 262 Å². The molecule has 0 radical (unpaired) electrons. The molecule has 0 bridgehead atoms. The van der Waals surface area contributed by atoms with Gasteiger partial charge in [-0.05, 0) is 85.0 Å². The lowest BCUT2D eigenvalue weighted by Crippen LogP contribution is -2.40. The van der Waals surface area contributed by atoms with E-state index in [4.69, 9.17) is 32.7 Å². The molecule has 1 heterocycles. The smallest absolute Gasteiger partial charge is 0.305 e. The van der Waals surface area contributed by atoms with Gasteiger partial charge < -0.3 is 19.5 Å². The third-order valence-corrected chi connectivity index (χ3v) is 9.08. The first kappa shape index (κ1) is 29.9. The van der Waals surface area contributed by atoms with Crippen molar-refractivity contribution in [2.24, 2.45) is 0 Å². The van der Waals surface area contributed by atoms with Crippen molar-refractivity contribution in [1.82, 2.24) is 4.90 Å². The predicted octanol–water partition coefficient (Wildman–Crippen LogP) is 7.46. The molecule has 0 saturated carbocycles. The number of benzene rings is 2. The molecule has 7 nitrogen and oxygen atoms in total. The third-order valence-electron chi connectivity index (χ3n) is 7.69. The van der Waals surface area contributed by atoms with Crippen molar-refractivity contribution in [3.8, 4) is 11.5 Å². The van der Waals surface area contributed by atoms with E-state index in [2.05, 4.69) is 22.6 Å². The number of carbonyl (C=O) groups is 3. The van der Waals surface area contributed by atoms with Gasteiger partial charge in [-0.1, -0.05) is 29.3 Å². The first-order valence-corrected chi connectivity index (χ1v) is 15.6. The van der Waals surface area contributed by atoms with Crippen LogP contribution in [0.1, 0.15) is 68.9 Å². The van der Waals surface area contributed by atoms with Gasteiger partial charge in [0, 0.05) is 63.5 Å². The van der Waals surface area contributed by atoms with Crippen molar-refractivity contribution >= 4 is 63.3 Å². The first-order valence-electron chi connectivity index (χ1n) is 13.7. The highest BCUT2D eigenvalue weighted by molar-refractivity contribution is 14.1. The molecule has 0 spiro atoms. The Balaban J connectivity index is 1.60. The van der Waals surface area contributed by atoms with Gasteiger partial charge in [0.2, 0.25) is 0 Å². The Bertz CT molecular complexity index is 1440. The molecule has 10 heteroatoms. The Morgan fingerprint density at radius 1 is 1.00 bits per heavy atom. The van der Waals surface area contributed by atoms with Crippen LogP contribution in [0, 0.1) is 3.57 Å². The number of halogens is 3. The van der Waals surface area contributed by atoms with E-state index in [1.807, 2.05) is 30.0 Å². The summed E-state index contributed by atoms with van der Waals surface area (Å²) in [5, 5.41) is 10.5. The van der Waals surface area contributed by atoms with Crippen LogP contribution in [-0.2, 0) is 21.0 Å². The zero-order valence-electron chi connectivity index (χ0n) is 22.6. The first-order chi connectivity index (χ1) is 19.7. The maximum atomic E-state index is 13.5. The summed E-state index contributed by atoms with van der Waals surface area (Å²) in [6.07, 6.45) is 3.46. The molecule has 0 saturated heterocycles. The monoisotopic (exact) mass is 709 g/mol. The van der Waals surface area contributed by atoms with Gasteiger partial charge in [0.25, 0.3) is 0 Å². The molecule has 3 aliphatic rings. The van der Waals surface area contributed by atoms with Crippen LogP contribution >= 0.6 is 45.8 Å². The fourth-order valence-corrected chi connectivity index (χ4v) is 7.22. The van der Waals surface area contributed by atoms with Gasteiger partial charge in [-0.15, -0.1) is 0 Å². The van der Waals surface area contributed by atoms with Gasteiger partial charge in [-0.2, -0.15) is 0 Å². The summed E-state index contributed by atoms with van der Waals surface area (Å²) in [6, 6.07) is 9.07. The molecule has 0 atom stereocenters. The van der Waals surface area contributed by atoms with Crippen LogP contribution in [0.2, 0.25) is 10.0 Å². The molecule has 216 valence electrons. The number of carboxylic acid groups (broad SMARTS) is 1. The highest BCUT2D eigenvalue weighted by Crippen LogP contribution is 2.50. The predicted molar refractivity (Wildman–Crippen MR) is 165 cm³/mol. The maximum absolute atomic E-state index is 13.5. The molecule has 1 N–H and O–H groups in total. The van der Waals surface area contributed by atoms with E-state index < -0.39 is 11.9 Å². The summed E-state index contributed by atoms with van der Waals surface area (Å²) in [4.78, 5) is 40.5. The topological polar surface area (TPSA) is 93.1 Å². The van der Waals surface area contributed by atoms with Crippen molar-refractivity contribution in [2.45, 2.75) is 64.4 Å². The van der Waals surface area contributed by atoms with Crippen LogP contribution in [0.3, 0.4) is 0 Å². The van der Waals surface area contributed by atoms with Crippen molar-refractivity contribution in [2.75, 3.05) is 13.2 Å². The van der Waals surface area contributed by atoms with Crippen LogP contribution in [0.25, 0.3) is 0 Å². The quantitative estimate of drug-likeness (QED) is 0.270. The van der Waals surface area contributed by atoms with Gasteiger partial charge in [0.05, 0.1) is 16.6 Å². The lowest BCUT2D eigenvalue weighted by molar-refractivity contribution is -0.137. The van der Waals surface area contributed by atoms with E-state index in [1.165, 1.54) is 0 Å². The van der Waals surface area contributed by atoms with Crippen LogP contribution in [-0.4, -0.2) is 40.7 Å². The lowest BCUT2D eigenvalue weighted by Gasteiger charge is -2.44. The summed E-state index contributed by atoms with van der Waals surface area (Å²) in [5.74, 6) is -0.362. The number of nitrogens with zero attached hydrogens (tertiary/aromatic N) is 1. The maximum Gasteiger partial charge on any atom is 0.305 e. The van der Waals surface area contributed by atoms with E-state index in [0.29, 0.717) is 77.8 Å². The lowest BCUT2D eigenvalue weighted by atomic mass is 9.71. The minimum absolute atomic E-state index is 0.00664. The van der Waals surface area contributed by atoms with Crippen LogP contribution in [0.15, 0.2) is 52.9 Å². The summed E-state index contributed by atoms with van der Waals surface area (Å²) >= 11 is 14.6. The van der Waals surface area contributed by atoms with Crippen molar-refractivity contribution in [1.29, 1.82) is 0 Å². The van der Waals surface area contributed by atoms with Gasteiger partial charge in [0.15, 0.2) is 23.1 Å². The molecule has 0 unspecified atom stereocenters. The molecule has 2 aromatic rings. The van der Waals surface area contributed by atoms with Crippen molar-refractivity contribution < 1.29 is 29.0 Å². The summed E-state index contributed by atoms with van der Waals surface area (Å²) in [7, 11) is 0. The zero-order valence-corrected chi connectivity index (χ0v) is 26.3. The van der Waals surface area contributed by atoms with Gasteiger partial charge in [-0.3, -0.25) is 14.4 Å². The minimum atomic E-state index is -0.910. The number of rotatable bonds is 9. The summed E-state index contributed by atoms with van der Waals surface area (Å²) in [6.45, 7) is 2.72. The number of allylic oxidation sites excluding steroid dienone is 4. The van der Waals surface area contributed by atoms with E-state index >= 15 is 0 Å². The highest BCUT2D eigenvalue weighted by Gasteiger charge is 2.43. The number of hydrogen-bond acceptors (Lipinski definition) is 6. The van der Waals surface area contributed by atoms with Crippen LogP contribution in [0.5, 0.6) is 11.5 Å². The zero-order chi connectivity index (χ0) is 29.3. The number of ether oxygens (including phenoxy) is 2. The molecule has 2 aromatic carbocycles. The third kappa shape index (κ3) is 6.15. The number of carbonyl (C=O) groups excluding carboxylic acids is 2. The van der Waals surface area contributed by atoms with E-state index in [0.717, 1.165) is 26.1 Å². The molecule has 41 heavy (non-hydrogen) atoms. The number of hydrogen-bond donors (Lipinski definition) is 1. The Morgan fingerprint density at radius 2 is 1.66 bits per heavy atom. The van der Waals surface area contributed by atoms with Gasteiger partial charge in [0.1, 0.15) is 6.61 Å². The van der Waals surface area contributed by atoms with Crippen LogP contribution in [0.4, 0.5) is 0 Å². The number of aliphatic carboxylic acids is 1. The second kappa shape index (κ2) is 12.8. The molecule has 2 aliphatic carbocycles. The second-order valence-electron chi connectivity index (χ2n) is 10.3. The Hall–Kier alpha value is -2.56. The van der Waals surface area contributed by atoms with Gasteiger partial charge >= 0.3 is 5.97 Å². The van der Waals surface area contributed by atoms with Crippen molar-refractivity contribution in [3.63, 3.8) is 0 Å². The molecule has 0 aromatic heterocycles. The molecule has 0 amide bonds. The SMILES string of the molecule is CCOc1cc(C2C3=C(CCCC3=O)N(CCC(=O)O)C3=C2C(=O)CCC3)cc(I)c1OCc1ccc(Cl)cc1Cl. The summed E-state index contributed by atoms with van der Waals surface area (Å²) < 4.78 is 13.0. The Kier molecular flexibility index (Phi) is 9.30. The van der Waals surface area contributed by atoms with Gasteiger partial charge in [-0.25, -0.2) is 0 Å². The highest BCUT2D eigenvalue weighted by atomic mass is 127. The van der Waals surface area contributed by atoms with Crippen molar-refractivity contribution in [3.05, 3.63) is 77.6 Å². The van der Waals surface area contributed by atoms with E-state index in [-0.39, 0.29) is 31.1 Å². The average Bonchev–Trinajstić information content (AvgIpc) is 2.92. The normalized spacial score (nSPS) is 17.5. The molecule has 5 rings (SSSR count). The summed E-state index contributed by atoms with van der Waals surface area (Å²) in [5.41, 5.74) is 4.49.